The van der Waals surface area contributed by atoms with Crippen LogP contribution in [0, 0.1) is 0 Å². The molecule has 0 aliphatic rings. The molecule has 0 atom stereocenters. The average molecular weight is 615 g/mol. The van der Waals surface area contributed by atoms with Crippen LogP contribution in [0.15, 0.2) is 70.2 Å². The van der Waals surface area contributed by atoms with Gasteiger partial charge in [-0.15, -0.1) is 0 Å². The van der Waals surface area contributed by atoms with Gasteiger partial charge in [0.2, 0.25) is 10.0 Å². The number of carbonyl (C=O) groups is 1. The molecule has 3 rings (SSSR count). The third-order valence-electron chi connectivity index (χ3n) is 4.70. The van der Waals surface area contributed by atoms with Crippen LogP contribution in [0.1, 0.15) is 11.1 Å². The van der Waals surface area contributed by atoms with Gasteiger partial charge in [0.05, 0.1) is 29.7 Å². The minimum Gasteiger partial charge on any atom is -0.493 e. The lowest BCUT2D eigenvalue weighted by atomic mass is 10.2. The van der Waals surface area contributed by atoms with Gasteiger partial charge in [-0.2, -0.15) is 5.10 Å². The molecule has 1 amide bonds. The van der Waals surface area contributed by atoms with Crippen molar-refractivity contribution in [1.29, 1.82) is 0 Å². The summed E-state index contributed by atoms with van der Waals surface area (Å²) in [5, 5.41) is 4.40. The van der Waals surface area contributed by atoms with E-state index in [0.717, 1.165) is 16.1 Å². The Morgan fingerprint density at radius 1 is 1.11 bits per heavy atom. The van der Waals surface area contributed by atoms with Gasteiger partial charge in [0.1, 0.15) is 13.2 Å². The summed E-state index contributed by atoms with van der Waals surface area (Å²) in [6.45, 7) is -0.167. The Kier molecular flexibility index (Phi) is 9.61. The number of anilines is 1. The van der Waals surface area contributed by atoms with E-state index in [1.165, 1.54) is 31.5 Å². The lowest BCUT2D eigenvalue weighted by Gasteiger charge is -2.21. The molecule has 3 aromatic rings. The maximum absolute atomic E-state index is 12.4. The van der Waals surface area contributed by atoms with Crippen molar-refractivity contribution < 1.29 is 22.7 Å². The molecule has 0 aliphatic heterocycles. The molecule has 1 N–H and O–H groups in total. The van der Waals surface area contributed by atoms with Crippen molar-refractivity contribution in [3.05, 3.63) is 86.3 Å². The number of hydrogen-bond acceptors (Lipinski definition) is 6. The Morgan fingerprint density at radius 2 is 1.78 bits per heavy atom. The average Bonchev–Trinajstić information content (AvgIpc) is 2.81. The predicted octanol–water partition coefficient (Wildman–Crippen LogP) is 5.26. The van der Waals surface area contributed by atoms with E-state index in [0.29, 0.717) is 28.1 Å². The van der Waals surface area contributed by atoms with Gasteiger partial charge in [0, 0.05) is 10.0 Å². The second-order valence-electron chi connectivity index (χ2n) is 7.50. The monoisotopic (exact) mass is 613 g/mol. The van der Waals surface area contributed by atoms with Crippen molar-refractivity contribution in [3.8, 4) is 11.5 Å². The highest BCUT2D eigenvalue weighted by molar-refractivity contribution is 9.10. The molecule has 36 heavy (non-hydrogen) atoms. The summed E-state index contributed by atoms with van der Waals surface area (Å²) < 4.78 is 37.4. The molecule has 0 unspecified atom stereocenters. The molecular formula is C24H22BrCl2N3O5S. The quantitative estimate of drug-likeness (QED) is 0.248. The van der Waals surface area contributed by atoms with E-state index in [1.54, 1.807) is 12.1 Å². The van der Waals surface area contributed by atoms with Gasteiger partial charge in [-0.3, -0.25) is 9.10 Å². The molecule has 0 saturated heterocycles. The number of nitrogens with one attached hydrogen (secondary N) is 1. The van der Waals surface area contributed by atoms with E-state index in [4.69, 9.17) is 32.7 Å². The van der Waals surface area contributed by atoms with E-state index in [2.05, 4.69) is 26.5 Å². The number of halogens is 3. The van der Waals surface area contributed by atoms with Crippen LogP contribution < -0.4 is 19.2 Å². The topological polar surface area (TPSA) is 97.3 Å². The summed E-state index contributed by atoms with van der Waals surface area (Å²) in [5.74, 6) is 0.322. The fourth-order valence-electron chi connectivity index (χ4n) is 3.11. The number of ether oxygens (including phenoxy) is 2. The first kappa shape index (κ1) is 27.8. The summed E-state index contributed by atoms with van der Waals surface area (Å²) in [5.41, 5.74) is 4.09. The highest BCUT2D eigenvalue weighted by Gasteiger charge is 2.21. The second-order valence-corrected chi connectivity index (χ2v) is 11.1. The third-order valence-corrected chi connectivity index (χ3v) is 6.87. The van der Waals surface area contributed by atoms with E-state index >= 15 is 0 Å². The molecule has 0 aromatic heterocycles. The molecule has 0 bridgehead atoms. The summed E-state index contributed by atoms with van der Waals surface area (Å²) in [7, 11) is -2.29. The molecule has 0 aliphatic carbocycles. The van der Waals surface area contributed by atoms with Crippen molar-refractivity contribution in [2.75, 3.05) is 24.2 Å². The Morgan fingerprint density at radius 3 is 2.39 bits per heavy atom. The van der Waals surface area contributed by atoms with Crippen LogP contribution in [0.25, 0.3) is 0 Å². The number of amides is 1. The number of sulfonamides is 1. The molecule has 12 heteroatoms. The number of benzene rings is 3. The van der Waals surface area contributed by atoms with Gasteiger partial charge in [0.25, 0.3) is 5.91 Å². The molecule has 3 aromatic carbocycles. The van der Waals surface area contributed by atoms with Crippen LogP contribution in [0.2, 0.25) is 10.0 Å². The minimum atomic E-state index is -3.80. The first-order valence-corrected chi connectivity index (χ1v) is 13.8. The largest absolute Gasteiger partial charge is 0.493 e. The maximum Gasteiger partial charge on any atom is 0.260 e. The zero-order valence-electron chi connectivity index (χ0n) is 19.2. The van der Waals surface area contributed by atoms with Crippen molar-refractivity contribution in [3.63, 3.8) is 0 Å². The lowest BCUT2D eigenvalue weighted by Crippen LogP contribution is -2.39. The van der Waals surface area contributed by atoms with Gasteiger partial charge in [-0.1, -0.05) is 53.5 Å². The first-order chi connectivity index (χ1) is 17.1. The Balaban J connectivity index is 1.69. The van der Waals surface area contributed by atoms with Gasteiger partial charge >= 0.3 is 0 Å². The van der Waals surface area contributed by atoms with Crippen LogP contribution in [0.4, 0.5) is 5.69 Å². The van der Waals surface area contributed by atoms with Crippen LogP contribution in [-0.4, -0.2) is 40.4 Å². The van der Waals surface area contributed by atoms with Gasteiger partial charge in [-0.05, 0) is 57.4 Å². The molecule has 190 valence electrons. The van der Waals surface area contributed by atoms with Crippen molar-refractivity contribution >= 4 is 67.0 Å². The molecule has 0 radical (unpaired) electrons. The number of hydrazone groups is 1. The van der Waals surface area contributed by atoms with Crippen molar-refractivity contribution in [1.82, 2.24) is 5.43 Å². The molecule has 0 heterocycles. The number of methoxy groups -OCH3 is 1. The van der Waals surface area contributed by atoms with E-state index in [-0.39, 0.29) is 15.7 Å². The Hall–Kier alpha value is -2.79. The maximum atomic E-state index is 12.4. The zero-order valence-corrected chi connectivity index (χ0v) is 23.2. The van der Waals surface area contributed by atoms with Gasteiger partial charge in [0.15, 0.2) is 11.5 Å². The summed E-state index contributed by atoms with van der Waals surface area (Å²) >= 11 is 15.4. The number of nitrogens with zero attached hydrogens (tertiary/aromatic N) is 2. The molecule has 0 fully saturated rings. The van der Waals surface area contributed by atoms with E-state index in [1.807, 2.05) is 30.3 Å². The predicted molar refractivity (Wildman–Crippen MR) is 146 cm³/mol. The van der Waals surface area contributed by atoms with Crippen molar-refractivity contribution in [2.24, 2.45) is 5.10 Å². The van der Waals surface area contributed by atoms with Gasteiger partial charge in [-0.25, -0.2) is 13.8 Å². The number of hydrogen-bond donors (Lipinski definition) is 1. The SMILES string of the molecule is COc1cc(/C=N\NC(=O)CN(c2cc(Cl)cc(Cl)c2)S(C)(=O)=O)cc(Br)c1OCc1ccccc1. The van der Waals surface area contributed by atoms with E-state index < -0.39 is 22.5 Å². The summed E-state index contributed by atoms with van der Waals surface area (Å²) in [6.07, 6.45) is 2.37. The van der Waals surface area contributed by atoms with Crippen LogP contribution >= 0.6 is 39.1 Å². The first-order valence-electron chi connectivity index (χ1n) is 10.4. The van der Waals surface area contributed by atoms with Crippen LogP contribution in [0.3, 0.4) is 0 Å². The standard InChI is InChI=1S/C24H22BrCl2N3O5S/c1-34-22-9-17(8-21(25)24(22)35-15-16-6-4-3-5-7-16)13-28-29-23(31)14-30(36(2,32)33)20-11-18(26)10-19(27)12-20/h3-13H,14-15H2,1-2H3,(H,29,31)/b28-13-. The van der Waals surface area contributed by atoms with Crippen LogP contribution in [-0.2, 0) is 21.4 Å². The fraction of sp³-hybridized carbons (Fsp3) is 0.167. The third kappa shape index (κ3) is 7.86. The molecular weight excluding hydrogens is 593 g/mol. The fourth-order valence-corrected chi connectivity index (χ4v) is 5.04. The molecule has 0 spiro atoms. The Bertz CT molecular complexity index is 1350. The minimum absolute atomic E-state index is 0.161. The molecule has 0 saturated carbocycles. The number of carbonyl (C=O) groups excluding carboxylic acids is 1. The smallest absolute Gasteiger partial charge is 0.260 e. The number of rotatable bonds is 10. The zero-order chi connectivity index (χ0) is 26.3. The highest BCUT2D eigenvalue weighted by Crippen LogP contribution is 2.37. The van der Waals surface area contributed by atoms with E-state index in [9.17, 15) is 13.2 Å². The van der Waals surface area contributed by atoms with Crippen molar-refractivity contribution in [2.45, 2.75) is 6.61 Å². The lowest BCUT2D eigenvalue weighted by molar-refractivity contribution is -0.119. The second kappa shape index (κ2) is 12.4. The summed E-state index contributed by atoms with van der Waals surface area (Å²) in [4.78, 5) is 12.4. The summed E-state index contributed by atoms with van der Waals surface area (Å²) in [6, 6.07) is 17.4. The van der Waals surface area contributed by atoms with Crippen LogP contribution in [0.5, 0.6) is 11.5 Å². The molecule has 8 nitrogen and oxygen atoms in total. The van der Waals surface area contributed by atoms with Gasteiger partial charge < -0.3 is 9.47 Å². The highest BCUT2D eigenvalue weighted by atomic mass is 79.9. The normalized spacial score (nSPS) is 11.4. The Labute approximate surface area is 228 Å².